The van der Waals surface area contributed by atoms with Crippen LogP contribution in [0.1, 0.15) is 68.9 Å². The summed E-state index contributed by atoms with van der Waals surface area (Å²) in [7, 11) is 0. The predicted molar refractivity (Wildman–Crippen MR) is 70.9 cm³/mol. The number of benzene rings is 1. The van der Waals surface area contributed by atoms with Crippen LogP contribution in [0.25, 0.3) is 0 Å². The third-order valence-electron chi connectivity index (χ3n) is 3.88. The molecule has 0 N–H and O–H groups in total. The molecule has 0 saturated heterocycles. The second-order valence-corrected chi connectivity index (χ2v) is 5.18. The quantitative estimate of drug-likeness (QED) is 0.658. The average Bonchev–Trinajstić information content (AvgIpc) is 2.38. The molecule has 2 rings (SSSR count). The molecule has 0 aromatic heterocycles. The van der Waals surface area contributed by atoms with Crippen molar-refractivity contribution in [2.75, 3.05) is 0 Å². The minimum atomic E-state index is 0.856. The SMILES string of the molecule is CCCCc1ccc(C2CCCCC2)cc1. The van der Waals surface area contributed by atoms with Crippen LogP contribution >= 0.6 is 0 Å². The molecule has 0 atom stereocenters. The molecule has 0 amide bonds. The minimum absolute atomic E-state index is 0.856. The molecule has 1 aromatic carbocycles. The Hall–Kier alpha value is -0.780. The average molecular weight is 216 g/mol. The van der Waals surface area contributed by atoms with Gasteiger partial charge >= 0.3 is 0 Å². The van der Waals surface area contributed by atoms with Crippen LogP contribution in [-0.4, -0.2) is 0 Å². The number of unbranched alkanes of at least 4 members (excludes halogenated alkanes) is 1. The Balaban J connectivity index is 1.95. The summed E-state index contributed by atoms with van der Waals surface area (Å²) in [6, 6.07) is 9.45. The van der Waals surface area contributed by atoms with Crippen LogP contribution in [0.5, 0.6) is 0 Å². The minimum Gasteiger partial charge on any atom is -0.0654 e. The summed E-state index contributed by atoms with van der Waals surface area (Å²) in [5.41, 5.74) is 3.10. The third-order valence-corrected chi connectivity index (χ3v) is 3.88. The van der Waals surface area contributed by atoms with Crippen LogP contribution < -0.4 is 0 Å². The first kappa shape index (κ1) is 11.7. The van der Waals surface area contributed by atoms with Gasteiger partial charge in [-0.2, -0.15) is 0 Å². The van der Waals surface area contributed by atoms with Gasteiger partial charge in [-0.15, -0.1) is 0 Å². The Morgan fingerprint density at radius 3 is 2.31 bits per heavy atom. The highest BCUT2D eigenvalue weighted by Crippen LogP contribution is 2.32. The lowest BCUT2D eigenvalue weighted by molar-refractivity contribution is 0.443. The van der Waals surface area contributed by atoms with Gasteiger partial charge in [0.25, 0.3) is 0 Å². The number of rotatable bonds is 4. The summed E-state index contributed by atoms with van der Waals surface area (Å²) in [6.45, 7) is 2.26. The molecule has 0 spiro atoms. The molecule has 0 bridgehead atoms. The van der Waals surface area contributed by atoms with Crippen LogP contribution in [0.4, 0.5) is 0 Å². The van der Waals surface area contributed by atoms with Crippen molar-refractivity contribution in [2.45, 2.75) is 64.2 Å². The first-order valence-corrected chi connectivity index (χ1v) is 6.99. The van der Waals surface area contributed by atoms with Crippen molar-refractivity contribution in [3.05, 3.63) is 35.4 Å². The first-order chi connectivity index (χ1) is 7.90. The Morgan fingerprint density at radius 1 is 1.00 bits per heavy atom. The van der Waals surface area contributed by atoms with Gasteiger partial charge in [-0.05, 0) is 42.7 Å². The van der Waals surface area contributed by atoms with Crippen molar-refractivity contribution in [1.29, 1.82) is 0 Å². The highest BCUT2D eigenvalue weighted by atomic mass is 14.2. The highest BCUT2D eigenvalue weighted by Gasteiger charge is 2.14. The maximum absolute atomic E-state index is 2.38. The monoisotopic (exact) mass is 216 g/mol. The van der Waals surface area contributed by atoms with Crippen LogP contribution in [0.15, 0.2) is 24.3 Å². The van der Waals surface area contributed by atoms with E-state index in [2.05, 4.69) is 31.2 Å². The van der Waals surface area contributed by atoms with E-state index in [9.17, 15) is 0 Å². The van der Waals surface area contributed by atoms with E-state index in [-0.39, 0.29) is 0 Å². The molecule has 0 heteroatoms. The van der Waals surface area contributed by atoms with Gasteiger partial charge in [-0.1, -0.05) is 56.9 Å². The van der Waals surface area contributed by atoms with Gasteiger partial charge in [0.15, 0.2) is 0 Å². The Morgan fingerprint density at radius 2 is 1.69 bits per heavy atom. The van der Waals surface area contributed by atoms with E-state index < -0.39 is 0 Å². The summed E-state index contributed by atoms with van der Waals surface area (Å²) in [5.74, 6) is 0.856. The first-order valence-electron chi connectivity index (χ1n) is 6.99. The smallest absolute Gasteiger partial charge is 0.0162 e. The molecule has 0 nitrogen and oxygen atoms in total. The second kappa shape index (κ2) is 6.08. The lowest BCUT2D eigenvalue weighted by Gasteiger charge is -2.22. The molecular weight excluding hydrogens is 192 g/mol. The van der Waals surface area contributed by atoms with Gasteiger partial charge in [-0.25, -0.2) is 0 Å². The Labute approximate surface area is 100 Å². The van der Waals surface area contributed by atoms with Crippen molar-refractivity contribution in [3.63, 3.8) is 0 Å². The molecule has 88 valence electrons. The second-order valence-electron chi connectivity index (χ2n) is 5.18. The van der Waals surface area contributed by atoms with E-state index in [1.54, 1.807) is 5.56 Å². The Kier molecular flexibility index (Phi) is 4.44. The number of aryl methyl sites for hydroxylation is 1. The van der Waals surface area contributed by atoms with Gasteiger partial charge in [0.05, 0.1) is 0 Å². The van der Waals surface area contributed by atoms with E-state index in [0.29, 0.717) is 0 Å². The van der Waals surface area contributed by atoms with Crippen molar-refractivity contribution in [1.82, 2.24) is 0 Å². The summed E-state index contributed by atoms with van der Waals surface area (Å²) in [4.78, 5) is 0. The summed E-state index contributed by atoms with van der Waals surface area (Å²) in [5, 5.41) is 0. The molecule has 1 saturated carbocycles. The molecule has 0 unspecified atom stereocenters. The topological polar surface area (TPSA) is 0 Å². The van der Waals surface area contributed by atoms with Gasteiger partial charge in [0, 0.05) is 0 Å². The summed E-state index contributed by atoms with van der Waals surface area (Å²) < 4.78 is 0. The van der Waals surface area contributed by atoms with Crippen LogP contribution in [0.3, 0.4) is 0 Å². The van der Waals surface area contributed by atoms with Crippen molar-refractivity contribution in [2.24, 2.45) is 0 Å². The van der Waals surface area contributed by atoms with E-state index in [1.165, 1.54) is 56.9 Å². The highest BCUT2D eigenvalue weighted by molar-refractivity contribution is 5.25. The van der Waals surface area contributed by atoms with Crippen LogP contribution in [0.2, 0.25) is 0 Å². The zero-order valence-corrected chi connectivity index (χ0v) is 10.5. The van der Waals surface area contributed by atoms with Crippen LogP contribution in [-0.2, 0) is 6.42 Å². The van der Waals surface area contributed by atoms with Gasteiger partial charge in [0.1, 0.15) is 0 Å². The van der Waals surface area contributed by atoms with E-state index in [0.717, 1.165) is 5.92 Å². The van der Waals surface area contributed by atoms with E-state index in [1.807, 2.05) is 0 Å². The van der Waals surface area contributed by atoms with Crippen molar-refractivity contribution < 1.29 is 0 Å². The molecule has 0 radical (unpaired) electrons. The maximum atomic E-state index is 2.38. The fourth-order valence-electron chi connectivity index (χ4n) is 2.77. The normalized spacial score (nSPS) is 17.6. The van der Waals surface area contributed by atoms with E-state index >= 15 is 0 Å². The lowest BCUT2D eigenvalue weighted by atomic mass is 9.84. The molecule has 1 aromatic rings. The fraction of sp³-hybridized carbons (Fsp3) is 0.625. The molecule has 0 heterocycles. The lowest BCUT2D eigenvalue weighted by Crippen LogP contribution is -2.04. The fourth-order valence-corrected chi connectivity index (χ4v) is 2.77. The maximum Gasteiger partial charge on any atom is -0.0162 e. The van der Waals surface area contributed by atoms with Gasteiger partial charge in [0.2, 0.25) is 0 Å². The predicted octanol–water partition coefficient (Wildman–Crippen LogP) is 5.08. The van der Waals surface area contributed by atoms with E-state index in [4.69, 9.17) is 0 Å². The third kappa shape index (κ3) is 3.10. The molecule has 1 fully saturated rings. The zero-order chi connectivity index (χ0) is 11.2. The number of hydrogen-bond acceptors (Lipinski definition) is 0. The molecule has 0 aliphatic heterocycles. The largest absolute Gasteiger partial charge is 0.0654 e. The molecule has 1 aliphatic carbocycles. The number of hydrogen-bond donors (Lipinski definition) is 0. The summed E-state index contributed by atoms with van der Waals surface area (Å²) in [6.07, 6.45) is 11.0. The van der Waals surface area contributed by atoms with Crippen molar-refractivity contribution in [3.8, 4) is 0 Å². The van der Waals surface area contributed by atoms with Crippen molar-refractivity contribution >= 4 is 0 Å². The molecule has 1 aliphatic rings. The Bertz CT molecular complexity index is 290. The molecular formula is C16H24. The summed E-state index contributed by atoms with van der Waals surface area (Å²) >= 11 is 0. The molecule has 16 heavy (non-hydrogen) atoms. The zero-order valence-electron chi connectivity index (χ0n) is 10.5. The van der Waals surface area contributed by atoms with Gasteiger partial charge < -0.3 is 0 Å². The van der Waals surface area contributed by atoms with Gasteiger partial charge in [-0.3, -0.25) is 0 Å². The standard InChI is InChI=1S/C16H24/c1-2-3-7-14-10-12-16(13-11-14)15-8-5-4-6-9-15/h10-13,15H,2-9H2,1H3. The van der Waals surface area contributed by atoms with Crippen LogP contribution in [0, 0.1) is 0 Å².